The third kappa shape index (κ3) is 2.43. The predicted molar refractivity (Wildman–Crippen MR) is 61.6 cm³/mol. The molecule has 0 saturated heterocycles. The van der Waals surface area contributed by atoms with Crippen LogP contribution in [0.15, 0.2) is 33.9 Å². The van der Waals surface area contributed by atoms with Crippen LogP contribution in [-0.2, 0) is 0 Å². The zero-order chi connectivity index (χ0) is 12.3. The molecule has 7 heteroatoms. The summed E-state index contributed by atoms with van der Waals surface area (Å²) in [6, 6.07) is 6.98. The van der Waals surface area contributed by atoms with Crippen molar-refractivity contribution in [2.45, 2.75) is 6.92 Å². The largest absolute Gasteiger partial charge is 0.290 e. The molecule has 0 saturated carbocycles. The van der Waals surface area contributed by atoms with E-state index in [1.165, 1.54) is 0 Å². The van der Waals surface area contributed by atoms with Gasteiger partial charge in [-0.3, -0.25) is 10.7 Å². The molecule has 88 valence electrons. The molecule has 17 heavy (non-hydrogen) atoms. The quantitative estimate of drug-likeness (QED) is 0.486. The molecular weight excluding hydrogens is 244 g/mol. The van der Waals surface area contributed by atoms with E-state index in [4.69, 9.17) is 16.8 Å². The van der Waals surface area contributed by atoms with Crippen molar-refractivity contribution in [2.75, 3.05) is 0 Å². The molecule has 0 atom stereocenters. The second-order valence-corrected chi connectivity index (χ2v) is 3.63. The summed E-state index contributed by atoms with van der Waals surface area (Å²) in [7, 11) is 0. The first-order chi connectivity index (χ1) is 8.22. The van der Waals surface area contributed by atoms with E-state index in [-0.39, 0.29) is 5.84 Å². The molecule has 0 spiro atoms. The highest BCUT2D eigenvalue weighted by Gasteiger charge is 2.13. The lowest BCUT2D eigenvalue weighted by atomic mass is 10.3. The summed E-state index contributed by atoms with van der Waals surface area (Å²) in [6.07, 6.45) is 0. The number of halogens is 1. The molecular formula is C10H9ClN4O2. The normalized spacial score (nSPS) is 11.6. The molecule has 0 bridgehead atoms. The second-order valence-electron chi connectivity index (χ2n) is 3.22. The first kappa shape index (κ1) is 11.6. The number of nitrogens with zero attached hydrogens (tertiary/aromatic N) is 3. The lowest BCUT2D eigenvalue weighted by Gasteiger charge is -2.02. The van der Waals surface area contributed by atoms with Crippen LogP contribution in [0, 0.1) is 6.92 Å². The van der Waals surface area contributed by atoms with Gasteiger partial charge in [-0.1, -0.05) is 28.9 Å². The summed E-state index contributed by atoms with van der Waals surface area (Å²) in [6.45, 7) is 1.69. The number of benzene rings is 1. The number of nitrogens with one attached hydrogen (secondary N) is 1. The Morgan fingerprint density at radius 1 is 1.41 bits per heavy atom. The first-order valence-electron chi connectivity index (χ1n) is 4.75. The van der Waals surface area contributed by atoms with Gasteiger partial charge in [0, 0.05) is 0 Å². The Labute approximate surface area is 102 Å². The van der Waals surface area contributed by atoms with Crippen molar-refractivity contribution >= 4 is 23.1 Å². The zero-order valence-corrected chi connectivity index (χ0v) is 9.64. The molecule has 0 fully saturated rings. The Morgan fingerprint density at radius 2 is 2.18 bits per heavy atom. The Kier molecular flexibility index (Phi) is 3.36. The van der Waals surface area contributed by atoms with E-state index >= 15 is 0 Å². The third-order valence-corrected chi connectivity index (χ3v) is 2.39. The monoisotopic (exact) mass is 252 g/mol. The van der Waals surface area contributed by atoms with E-state index in [1.54, 1.807) is 31.2 Å². The van der Waals surface area contributed by atoms with Crippen molar-refractivity contribution in [1.29, 1.82) is 0 Å². The number of hydroxylamine groups is 1. The highest BCUT2D eigenvalue weighted by molar-refractivity contribution is 6.33. The molecule has 0 amide bonds. The highest BCUT2D eigenvalue weighted by Crippen LogP contribution is 2.24. The summed E-state index contributed by atoms with van der Waals surface area (Å²) in [5.41, 5.74) is 3.30. The van der Waals surface area contributed by atoms with Crippen molar-refractivity contribution < 1.29 is 9.84 Å². The van der Waals surface area contributed by atoms with Gasteiger partial charge >= 0.3 is 0 Å². The maximum absolute atomic E-state index is 9.04. The number of aromatic nitrogens is 2. The smallest absolute Gasteiger partial charge is 0.182 e. The fourth-order valence-corrected chi connectivity index (χ4v) is 1.42. The summed E-state index contributed by atoms with van der Waals surface area (Å²) in [5.74, 6) is 0.122. The van der Waals surface area contributed by atoms with Gasteiger partial charge in [0.25, 0.3) is 0 Å². The fraction of sp³-hybridized carbons (Fsp3) is 0.100. The third-order valence-electron chi connectivity index (χ3n) is 2.07. The molecule has 2 N–H and O–H groups in total. The van der Waals surface area contributed by atoms with Crippen LogP contribution >= 0.6 is 11.6 Å². The molecule has 2 aromatic rings. The molecule has 2 rings (SSSR count). The van der Waals surface area contributed by atoms with Gasteiger partial charge in [-0.15, -0.1) is 0 Å². The average molecular weight is 253 g/mol. The van der Waals surface area contributed by atoms with E-state index in [9.17, 15) is 0 Å². The molecule has 6 nitrogen and oxygen atoms in total. The summed E-state index contributed by atoms with van der Waals surface area (Å²) < 4.78 is 4.53. The summed E-state index contributed by atoms with van der Waals surface area (Å²) >= 11 is 5.95. The number of aryl methyl sites for hydroxylation is 1. The minimum atomic E-state index is 0.122. The fourth-order valence-electron chi connectivity index (χ4n) is 1.24. The van der Waals surface area contributed by atoms with Gasteiger partial charge in [0.15, 0.2) is 11.5 Å². The predicted octanol–water partition coefficient (Wildman–Crippen LogP) is 2.09. The van der Waals surface area contributed by atoms with Crippen molar-refractivity contribution in [3.8, 4) is 0 Å². The Bertz CT molecular complexity index is 553. The van der Waals surface area contributed by atoms with E-state index in [0.29, 0.717) is 22.1 Å². The second kappa shape index (κ2) is 4.94. The molecule has 0 radical (unpaired) electrons. The molecule has 1 aromatic heterocycles. The van der Waals surface area contributed by atoms with Gasteiger partial charge < -0.3 is 0 Å². The number of aliphatic imine (C=N–C) groups is 1. The van der Waals surface area contributed by atoms with Gasteiger partial charge in [-0.2, -0.15) is 0 Å². The first-order valence-corrected chi connectivity index (χ1v) is 5.13. The van der Waals surface area contributed by atoms with Gasteiger partial charge in [0.2, 0.25) is 0 Å². The summed E-state index contributed by atoms with van der Waals surface area (Å²) in [5, 5.41) is 16.7. The maximum atomic E-state index is 9.04. The van der Waals surface area contributed by atoms with Crippen LogP contribution in [0.5, 0.6) is 0 Å². The molecule has 1 aromatic carbocycles. The van der Waals surface area contributed by atoms with Crippen molar-refractivity contribution in [1.82, 2.24) is 15.8 Å². The average Bonchev–Trinajstić information content (AvgIpc) is 2.75. The molecule has 0 aliphatic heterocycles. The molecule has 1 heterocycles. The number of hydrogen-bond donors (Lipinski definition) is 2. The highest BCUT2D eigenvalue weighted by atomic mass is 35.5. The van der Waals surface area contributed by atoms with Crippen molar-refractivity contribution in [3.05, 3.63) is 40.7 Å². The lowest BCUT2D eigenvalue weighted by Crippen LogP contribution is -2.21. The number of rotatable bonds is 2. The van der Waals surface area contributed by atoms with Crippen LogP contribution in [0.1, 0.15) is 11.4 Å². The Morgan fingerprint density at radius 3 is 2.76 bits per heavy atom. The van der Waals surface area contributed by atoms with E-state index in [1.807, 2.05) is 5.48 Å². The number of para-hydroxylation sites is 1. The standard InChI is InChI=1S/C10H9ClN4O2/c1-6-9(15-17-14-6)10(13-16)12-8-5-3-2-4-7(8)11/h2-5,16H,1H3,(H,12,13). The number of amidine groups is 1. The Hall–Kier alpha value is -1.92. The lowest BCUT2D eigenvalue weighted by molar-refractivity contribution is 0.234. The van der Waals surface area contributed by atoms with Crippen molar-refractivity contribution in [2.24, 2.45) is 4.99 Å². The zero-order valence-electron chi connectivity index (χ0n) is 8.88. The van der Waals surface area contributed by atoms with Crippen LogP contribution in [0.4, 0.5) is 5.69 Å². The Balaban J connectivity index is 2.44. The van der Waals surface area contributed by atoms with Gasteiger partial charge in [0.05, 0.1) is 10.7 Å². The van der Waals surface area contributed by atoms with Crippen LogP contribution in [0.25, 0.3) is 0 Å². The summed E-state index contributed by atoms with van der Waals surface area (Å²) in [4.78, 5) is 4.14. The molecule has 0 aliphatic carbocycles. The maximum Gasteiger partial charge on any atom is 0.182 e. The topological polar surface area (TPSA) is 83.5 Å². The SMILES string of the molecule is Cc1nonc1C(=Nc1ccccc1Cl)NO. The van der Waals surface area contributed by atoms with Crippen LogP contribution < -0.4 is 5.48 Å². The van der Waals surface area contributed by atoms with Crippen LogP contribution in [0.3, 0.4) is 0 Å². The van der Waals surface area contributed by atoms with E-state index < -0.39 is 0 Å². The minimum Gasteiger partial charge on any atom is -0.290 e. The van der Waals surface area contributed by atoms with Gasteiger partial charge in [-0.25, -0.2) is 9.62 Å². The minimum absolute atomic E-state index is 0.122. The van der Waals surface area contributed by atoms with E-state index in [0.717, 1.165) is 0 Å². The van der Waals surface area contributed by atoms with Crippen LogP contribution in [0.2, 0.25) is 5.02 Å². The molecule has 0 unspecified atom stereocenters. The van der Waals surface area contributed by atoms with Gasteiger partial charge in [0.1, 0.15) is 5.69 Å². The van der Waals surface area contributed by atoms with E-state index in [2.05, 4.69) is 19.9 Å². The van der Waals surface area contributed by atoms with Gasteiger partial charge in [-0.05, 0) is 24.2 Å². The van der Waals surface area contributed by atoms with Crippen molar-refractivity contribution in [3.63, 3.8) is 0 Å². The molecule has 0 aliphatic rings. The number of hydrogen-bond acceptors (Lipinski definition) is 5. The van der Waals surface area contributed by atoms with Crippen LogP contribution in [-0.4, -0.2) is 21.4 Å².